The van der Waals surface area contributed by atoms with Gasteiger partial charge in [-0.15, -0.1) is 0 Å². The van der Waals surface area contributed by atoms with Crippen molar-refractivity contribution in [3.8, 4) is 0 Å². The first-order chi connectivity index (χ1) is 10.9. The predicted molar refractivity (Wildman–Crippen MR) is 85.7 cm³/mol. The standard InChI is InChI=1S/C16H23NO5S/c1-12-3-6-14(16(18)19)11-17(12)23(20,21)15-7-4-13(5-8-15)9-10-22-2/h4-5,7-8,12,14H,3,6,9-11H2,1-2H3,(H,18,19). The van der Waals surface area contributed by atoms with E-state index in [0.717, 1.165) is 12.0 Å². The van der Waals surface area contributed by atoms with Gasteiger partial charge in [0, 0.05) is 19.7 Å². The maximum Gasteiger partial charge on any atom is 0.307 e. The molecule has 1 saturated heterocycles. The van der Waals surface area contributed by atoms with Gasteiger partial charge in [-0.25, -0.2) is 8.42 Å². The van der Waals surface area contributed by atoms with Crippen LogP contribution in [0.15, 0.2) is 29.2 Å². The Morgan fingerprint density at radius 2 is 1.96 bits per heavy atom. The molecule has 23 heavy (non-hydrogen) atoms. The van der Waals surface area contributed by atoms with Crippen molar-refractivity contribution in [3.63, 3.8) is 0 Å². The fourth-order valence-electron chi connectivity index (χ4n) is 2.79. The first kappa shape index (κ1) is 17.9. The Labute approximate surface area is 137 Å². The molecule has 1 fully saturated rings. The first-order valence-electron chi connectivity index (χ1n) is 7.68. The van der Waals surface area contributed by atoms with Crippen LogP contribution in [0.5, 0.6) is 0 Å². The lowest BCUT2D eigenvalue weighted by molar-refractivity contribution is -0.143. The summed E-state index contributed by atoms with van der Waals surface area (Å²) < 4.78 is 31.9. The average molecular weight is 341 g/mol. The molecule has 0 spiro atoms. The minimum atomic E-state index is -3.68. The largest absolute Gasteiger partial charge is 0.481 e. The highest BCUT2D eigenvalue weighted by atomic mass is 32.2. The first-order valence-corrected chi connectivity index (χ1v) is 9.12. The van der Waals surface area contributed by atoms with Crippen molar-refractivity contribution in [2.24, 2.45) is 5.92 Å². The topological polar surface area (TPSA) is 83.9 Å². The van der Waals surface area contributed by atoms with Crippen molar-refractivity contribution in [2.75, 3.05) is 20.3 Å². The van der Waals surface area contributed by atoms with Crippen LogP contribution < -0.4 is 0 Å². The van der Waals surface area contributed by atoms with Crippen LogP contribution in [0, 0.1) is 5.92 Å². The molecule has 1 aromatic rings. The molecule has 2 rings (SSSR count). The van der Waals surface area contributed by atoms with Gasteiger partial charge in [0.2, 0.25) is 10.0 Å². The van der Waals surface area contributed by atoms with E-state index < -0.39 is 21.9 Å². The van der Waals surface area contributed by atoms with Gasteiger partial charge in [-0.2, -0.15) is 4.31 Å². The Balaban J connectivity index is 2.20. The van der Waals surface area contributed by atoms with Crippen molar-refractivity contribution in [2.45, 2.75) is 37.1 Å². The summed E-state index contributed by atoms with van der Waals surface area (Å²) in [7, 11) is -2.06. The second-order valence-electron chi connectivity index (χ2n) is 5.92. The van der Waals surface area contributed by atoms with E-state index >= 15 is 0 Å². The molecule has 0 aliphatic carbocycles. The van der Waals surface area contributed by atoms with Crippen LogP contribution >= 0.6 is 0 Å². The number of hydrogen-bond acceptors (Lipinski definition) is 4. The van der Waals surface area contributed by atoms with Gasteiger partial charge < -0.3 is 9.84 Å². The van der Waals surface area contributed by atoms with Crippen LogP contribution in [-0.4, -0.2) is 50.1 Å². The zero-order chi connectivity index (χ0) is 17.0. The smallest absolute Gasteiger partial charge is 0.307 e. The van der Waals surface area contributed by atoms with Gasteiger partial charge in [0.1, 0.15) is 0 Å². The summed E-state index contributed by atoms with van der Waals surface area (Å²) >= 11 is 0. The molecule has 6 nitrogen and oxygen atoms in total. The van der Waals surface area contributed by atoms with Gasteiger partial charge in [-0.1, -0.05) is 12.1 Å². The number of nitrogens with zero attached hydrogens (tertiary/aromatic N) is 1. The van der Waals surface area contributed by atoms with Crippen LogP contribution in [0.2, 0.25) is 0 Å². The van der Waals surface area contributed by atoms with Gasteiger partial charge in [-0.3, -0.25) is 4.79 Å². The van der Waals surface area contributed by atoms with Crippen LogP contribution in [-0.2, 0) is 26.0 Å². The van der Waals surface area contributed by atoms with E-state index in [4.69, 9.17) is 9.84 Å². The zero-order valence-electron chi connectivity index (χ0n) is 13.4. The predicted octanol–water partition coefficient (Wildman–Crippen LogP) is 1.75. The molecule has 2 unspecified atom stereocenters. The minimum Gasteiger partial charge on any atom is -0.481 e. The lowest BCUT2D eigenvalue weighted by atomic mass is 9.96. The molecule has 1 heterocycles. The van der Waals surface area contributed by atoms with Gasteiger partial charge >= 0.3 is 5.97 Å². The number of benzene rings is 1. The quantitative estimate of drug-likeness (QED) is 0.852. The molecular weight excluding hydrogens is 318 g/mol. The number of carboxylic acid groups (broad SMARTS) is 1. The SMILES string of the molecule is COCCc1ccc(S(=O)(=O)N2CC(C(=O)O)CCC2C)cc1. The molecule has 0 aromatic heterocycles. The van der Waals surface area contributed by atoms with E-state index in [1.165, 1.54) is 4.31 Å². The summed E-state index contributed by atoms with van der Waals surface area (Å²) in [4.78, 5) is 11.4. The van der Waals surface area contributed by atoms with Crippen molar-refractivity contribution in [1.29, 1.82) is 0 Å². The van der Waals surface area contributed by atoms with Gasteiger partial charge in [0.25, 0.3) is 0 Å². The molecule has 1 N–H and O–H groups in total. The molecule has 0 radical (unpaired) electrons. The van der Waals surface area contributed by atoms with E-state index in [-0.39, 0.29) is 17.5 Å². The van der Waals surface area contributed by atoms with E-state index in [0.29, 0.717) is 19.4 Å². The molecule has 7 heteroatoms. The van der Waals surface area contributed by atoms with Gasteiger partial charge in [-0.05, 0) is 43.9 Å². The number of aliphatic carboxylic acids is 1. The van der Waals surface area contributed by atoms with Gasteiger partial charge in [0.05, 0.1) is 17.4 Å². The number of ether oxygens (including phenoxy) is 1. The van der Waals surface area contributed by atoms with E-state index in [1.54, 1.807) is 31.4 Å². The summed E-state index contributed by atoms with van der Waals surface area (Å²) in [5.74, 6) is -1.58. The van der Waals surface area contributed by atoms with Crippen LogP contribution in [0.4, 0.5) is 0 Å². The number of carboxylic acids is 1. The Bertz CT molecular complexity index is 641. The highest BCUT2D eigenvalue weighted by molar-refractivity contribution is 7.89. The zero-order valence-corrected chi connectivity index (χ0v) is 14.3. The molecule has 1 aliphatic heterocycles. The Morgan fingerprint density at radius 3 is 2.52 bits per heavy atom. The molecule has 1 aliphatic rings. The fourth-order valence-corrected chi connectivity index (χ4v) is 4.50. The highest BCUT2D eigenvalue weighted by Gasteiger charge is 2.37. The second-order valence-corrected chi connectivity index (χ2v) is 7.81. The molecule has 0 bridgehead atoms. The Morgan fingerprint density at radius 1 is 1.30 bits per heavy atom. The number of rotatable bonds is 6. The highest BCUT2D eigenvalue weighted by Crippen LogP contribution is 2.28. The van der Waals surface area contributed by atoms with Crippen molar-refractivity contribution in [3.05, 3.63) is 29.8 Å². The van der Waals surface area contributed by atoms with Crippen molar-refractivity contribution in [1.82, 2.24) is 4.31 Å². The van der Waals surface area contributed by atoms with Crippen LogP contribution in [0.1, 0.15) is 25.3 Å². The Hall–Kier alpha value is -1.44. The number of carbonyl (C=O) groups is 1. The summed E-state index contributed by atoms with van der Waals surface area (Å²) in [5.41, 5.74) is 1.00. The van der Waals surface area contributed by atoms with E-state index in [9.17, 15) is 13.2 Å². The second kappa shape index (κ2) is 7.42. The number of hydrogen-bond donors (Lipinski definition) is 1. The number of sulfonamides is 1. The van der Waals surface area contributed by atoms with Gasteiger partial charge in [0.15, 0.2) is 0 Å². The molecular formula is C16H23NO5S. The van der Waals surface area contributed by atoms with Crippen LogP contribution in [0.25, 0.3) is 0 Å². The molecule has 0 saturated carbocycles. The van der Waals surface area contributed by atoms with Crippen molar-refractivity contribution >= 4 is 16.0 Å². The number of piperidine rings is 1. The maximum atomic E-state index is 12.8. The average Bonchev–Trinajstić information content (AvgIpc) is 2.53. The third kappa shape index (κ3) is 4.10. The molecule has 0 amide bonds. The number of methoxy groups -OCH3 is 1. The summed E-state index contributed by atoms with van der Waals surface area (Å²) in [6, 6.07) is 6.52. The Kier molecular flexibility index (Phi) is 5.78. The van der Waals surface area contributed by atoms with Crippen molar-refractivity contribution < 1.29 is 23.1 Å². The summed E-state index contributed by atoms with van der Waals surface area (Å²) in [6.45, 7) is 2.43. The molecule has 2 atom stereocenters. The third-order valence-corrected chi connectivity index (χ3v) is 6.29. The third-order valence-electron chi connectivity index (χ3n) is 4.30. The normalized spacial score (nSPS) is 22.9. The van der Waals surface area contributed by atoms with E-state index in [2.05, 4.69) is 0 Å². The monoisotopic (exact) mass is 341 g/mol. The summed E-state index contributed by atoms with van der Waals surface area (Å²) in [5, 5.41) is 9.16. The fraction of sp³-hybridized carbons (Fsp3) is 0.562. The molecule has 1 aromatic carbocycles. The summed E-state index contributed by atoms with van der Waals surface area (Å²) in [6.07, 6.45) is 1.79. The lowest BCUT2D eigenvalue weighted by Gasteiger charge is -2.35. The maximum absolute atomic E-state index is 12.8. The van der Waals surface area contributed by atoms with E-state index in [1.807, 2.05) is 6.92 Å². The minimum absolute atomic E-state index is 0.0320. The molecule has 128 valence electrons. The van der Waals surface area contributed by atoms with Crippen LogP contribution in [0.3, 0.4) is 0 Å². The lowest BCUT2D eigenvalue weighted by Crippen LogP contribution is -2.47.